The lowest BCUT2D eigenvalue weighted by atomic mass is 10.0. The van der Waals surface area contributed by atoms with E-state index in [1.165, 1.54) is 11.9 Å². The van der Waals surface area contributed by atoms with Crippen molar-refractivity contribution in [1.82, 2.24) is 9.46 Å². The number of ether oxygens (including phenoxy) is 1. The second-order valence-corrected chi connectivity index (χ2v) is 7.83. The summed E-state index contributed by atoms with van der Waals surface area (Å²) in [7, 11) is 0. The number of halogens is 1. The minimum atomic E-state index is -0.220. The average Bonchev–Trinajstić information content (AvgIpc) is 3.25. The molecule has 2 N–H and O–H groups in total. The number of hydrogen-bond donors (Lipinski definition) is 1. The third kappa shape index (κ3) is 5.20. The molecule has 1 aliphatic rings. The molecule has 1 aromatic heterocycles. The first-order valence-electron chi connectivity index (χ1n) is 9.75. The van der Waals surface area contributed by atoms with Crippen LogP contribution in [0.15, 0.2) is 64.1 Å². The van der Waals surface area contributed by atoms with Crippen LogP contribution < -0.4 is 5.73 Å². The fraction of sp³-hybridized carbons (Fsp3) is 0.273. The Labute approximate surface area is 179 Å². The molecule has 0 unspecified atom stereocenters. The molecule has 8 heteroatoms. The van der Waals surface area contributed by atoms with Gasteiger partial charge in [-0.15, -0.1) is 0 Å². The van der Waals surface area contributed by atoms with Gasteiger partial charge in [0, 0.05) is 18.1 Å². The minimum Gasteiger partial charge on any atom is -0.369 e. The Balaban J connectivity index is 1.32. The highest BCUT2D eigenvalue weighted by molar-refractivity contribution is 7.97. The highest BCUT2D eigenvalue weighted by atomic mass is 32.2. The maximum Gasteiger partial charge on any atom is 0.202 e. The fourth-order valence-corrected chi connectivity index (χ4v) is 3.89. The SMILES string of the molecule is NC(=NCc1cc(CCc2ccc(-c3ccccc3)c(F)c2)on1)N1CCOCS1. The molecule has 0 amide bonds. The average molecular weight is 427 g/mol. The molecule has 156 valence electrons. The summed E-state index contributed by atoms with van der Waals surface area (Å²) in [6, 6.07) is 16.8. The molecule has 2 heterocycles. The highest BCUT2D eigenvalue weighted by Crippen LogP contribution is 2.24. The summed E-state index contributed by atoms with van der Waals surface area (Å²) < 4.78 is 27.1. The van der Waals surface area contributed by atoms with Gasteiger partial charge in [0.25, 0.3) is 0 Å². The third-order valence-corrected chi connectivity index (χ3v) is 5.73. The molecule has 0 saturated carbocycles. The van der Waals surface area contributed by atoms with Gasteiger partial charge in [-0.2, -0.15) is 0 Å². The molecule has 3 aromatic rings. The van der Waals surface area contributed by atoms with Gasteiger partial charge in [0.05, 0.1) is 19.7 Å². The van der Waals surface area contributed by atoms with E-state index in [1.54, 1.807) is 6.07 Å². The van der Waals surface area contributed by atoms with E-state index >= 15 is 0 Å². The number of benzene rings is 2. The van der Waals surface area contributed by atoms with E-state index in [4.69, 9.17) is 15.0 Å². The lowest BCUT2D eigenvalue weighted by molar-refractivity contribution is 0.162. The van der Waals surface area contributed by atoms with Crippen LogP contribution in [-0.4, -0.2) is 34.5 Å². The highest BCUT2D eigenvalue weighted by Gasteiger charge is 2.14. The van der Waals surface area contributed by atoms with Crippen LogP contribution in [-0.2, 0) is 24.1 Å². The van der Waals surface area contributed by atoms with Gasteiger partial charge in [-0.25, -0.2) is 9.38 Å². The van der Waals surface area contributed by atoms with Crippen molar-refractivity contribution < 1.29 is 13.7 Å². The second kappa shape index (κ2) is 9.77. The molecule has 1 fully saturated rings. The van der Waals surface area contributed by atoms with Gasteiger partial charge >= 0.3 is 0 Å². The number of aryl methyl sites for hydroxylation is 2. The molecule has 1 saturated heterocycles. The first-order valence-corrected chi connectivity index (χ1v) is 10.7. The van der Waals surface area contributed by atoms with E-state index in [-0.39, 0.29) is 5.82 Å². The lowest BCUT2D eigenvalue weighted by Crippen LogP contribution is -2.37. The van der Waals surface area contributed by atoms with Crippen LogP contribution in [0.1, 0.15) is 17.0 Å². The van der Waals surface area contributed by atoms with Gasteiger partial charge in [0.1, 0.15) is 23.2 Å². The smallest absolute Gasteiger partial charge is 0.202 e. The molecule has 0 spiro atoms. The molecular weight excluding hydrogens is 403 g/mol. The second-order valence-electron chi connectivity index (χ2n) is 6.90. The van der Waals surface area contributed by atoms with Gasteiger partial charge in [0.2, 0.25) is 5.96 Å². The molecule has 30 heavy (non-hydrogen) atoms. The Bertz CT molecular complexity index is 1000. The number of nitrogens with two attached hydrogens (primary N) is 1. The topological polar surface area (TPSA) is 76.9 Å². The largest absolute Gasteiger partial charge is 0.369 e. The number of nitrogens with zero attached hydrogens (tertiary/aromatic N) is 3. The van der Waals surface area contributed by atoms with Crippen LogP contribution in [0.25, 0.3) is 11.1 Å². The van der Waals surface area contributed by atoms with E-state index in [2.05, 4.69) is 10.1 Å². The van der Waals surface area contributed by atoms with Crippen molar-refractivity contribution in [3.63, 3.8) is 0 Å². The maximum absolute atomic E-state index is 14.5. The van der Waals surface area contributed by atoms with Crippen molar-refractivity contribution in [3.8, 4) is 11.1 Å². The van der Waals surface area contributed by atoms with Crippen molar-refractivity contribution in [2.45, 2.75) is 19.4 Å². The van der Waals surface area contributed by atoms with Gasteiger partial charge in [-0.05, 0) is 35.6 Å². The number of aliphatic imine (C=N–C) groups is 1. The van der Waals surface area contributed by atoms with Crippen molar-refractivity contribution in [2.75, 3.05) is 19.1 Å². The number of hydrogen-bond acceptors (Lipinski definition) is 5. The molecule has 1 aliphatic heterocycles. The molecule has 2 aromatic carbocycles. The van der Waals surface area contributed by atoms with Crippen molar-refractivity contribution in [1.29, 1.82) is 0 Å². The van der Waals surface area contributed by atoms with Crippen LogP contribution in [0.4, 0.5) is 4.39 Å². The summed E-state index contributed by atoms with van der Waals surface area (Å²) >= 11 is 1.50. The zero-order valence-electron chi connectivity index (χ0n) is 16.5. The molecule has 0 atom stereocenters. The van der Waals surface area contributed by atoms with Gasteiger partial charge in [-0.3, -0.25) is 4.31 Å². The fourth-order valence-electron chi connectivity index (χ4n) is 3.17. The van der Waals surface area contributed by atoms with Crippen molar-refractivity contribution in [2.24, 2.45) is 10.7 Å². The number of guanidine groups is 1. The van der Waals surface area contributed by atoms with Crippen LogP contribution in [0.2, 0.25) is 0 Å². The number of aromatic nitrogens is 1. The van der Waals surface area contributed by atoms with E-state index in [9.17, 15) is 4.39 Å². The minimum absolute atomic E-state index is 0.220. The number of rotatable bonds is 6. The van der Waals surface area contributed by atoms with Crippen molar-refractivity contribution in [3.05, 3.63) is 77.4 Å². The lowest BCUT2D eigenvalue weighted by Gasteiger charge is -2.25. The predicted octanol–water partition coefficient (Wildman–Crippen LogP) is 4.02. The molecule has 4 rings (SSSR count). The normalized spacial score (nSPS) is 14.8. The Morgan fingerprint density at radius 1 is 1.17 bits per heavy atom. The van der Waals surface area contributed by atoms with Crippen LogP contribution >= 0.6 is 11.9 Å². The van der Waals surface area contributed by atoms with Crippen LogP contribution in [0.3, 0.4) is 0 Å². The molecular formula is C22H23FN4O2S. The summed E-state index contributed by atoms with van der Waals surface area (Å²) in [6.45, 7) is 1.71. The van der Waals surface area contributed by atoms with Gasteiger partial charge in [-0.1, -0.05) is 47.6 Å². The zero-order chi connectivity index (χ0) is 20.8. The standard InChI is InChI=1S/C22H23FN4O2S/c23-21-12-16(7-9-20(21)17-4-2-1-3-5-17)6-8-19-13-18(26-29-19)14-25-22(24)27-10-11-28-15-30-27/h1-5,7,9,12-13H,6,8,10-11,14-15H2,(H2,24,25). The predicted molar refractivity (Wildman–Crippen MR) is 116 cm³/mol. The molecule has 6 nitrogen and oxygen atoms in total. The summed E-state index contributed by atoms with van der Waals surface area (Å²) in [4.78, 5) is 4.37. The molecule has 0 bridgehead atoms. The summed E-state index contributed by atoms with van der Waals surface area (Å²) in [5, 5.41) is 4.06. The molecule has 0 radical (unpaired) electrons. The first-order chi connectivity index (χ1) is 14.7. The van der Waals surface area contributed by atoms with E-state index < -0.39 is 0 Å². The summed E-state index contributed by atoms with van der Waals surface area (Å²) in [6.07, 6.45) is 1.30. The van der Waals surface area contributed by atoms with E-state index in [0.29, 0.717) is 50.0 Å². The Hall–Kier alpha value is -2.84. The zero-order valence-corrected chi connectivity index (χ0v) is 17.3. The quantitative estimate of drug-likeness (QED) is 0.364. The van der Waals surface area contributed by atoms with E-state index in [1.807, 2.05) is 52.8 Å². The Kier molecular flexibility index (Phi) is 6.66. The Morgan fingerprint density at radius 2 is 2.03 bits per heavy atom. The van der Waals surface area contributed by atoms with Crippen molar-refractivity contribution >= 4 is 17.9 Å². The van der Waals surface area contributed by atoms with Crippen LogP contribution in [0.5, 0.6) is 0 Å². The monoisotopic (exact) mass is 426 g/mol. The first kappa shape index (κ1) is 20.4. The summed E-state index contributed by atoms with van der Waals surface area (Å²) in [5.41, 5.74) is 9.12. The molecule has 0 aliphatic carbocycles. The van der Waals surface area contributed by atoms with Crippen LogP contribution in [0, 0.1) is 5.82 Å². The Morgan fingerprint density at radius 3 is 2.80 bits per heavy atom. The van der Waals surface area contributed by atoms with E-state index in [0.717, 1.165) is 22.6 Å². The van der Waals surface area contributed by atoms with Gasteiger partial charge in [0.15, 0.2) is 0 Å². The summed E-state index contributed by atoms with van der Waals surface area (Å²) in [5.74, 6) is 1.56. The maximum atomic E-state index is 14.5. The van der Waals surface area contributed by atoms with Gasteiger partial charge < -0.3 is 15.0 Å². The third-order valence-electron chi connectivity index (χ3n) is 4.78.